The highest BCUT2D eigenvalue weighted by atomic mass is 16.5. The maximum atomic E-state index is 5.60. The van der Waals surface area contributed by atoms with Crippen molar-refractivity contribution in [1.82, 2.24) is 10.1 Å². The minimum absolute atomic E-state index is 0.0940. The molecule has 2 N–H and O–H groups in total. The topological polar surface area (TPSA) is 74.2 Å². The summed E-state index contributed by atoms with van der Waals surface area (Å²) in [7, 11) is 1.68. The van der Waals surface area contributed by atoms with Crippen LogP contribution in [0.25, 0.3) is 0 Å². The van der Waals surface area contributed by atoms with E-state index in [2.05, 4.69) is 30.9 Å². The summed E-state index contributed by atoms with van der Waals surface area (Å²) >= 11 is 0. The molecule has 19 heavy (non-hydrogen) atoms. The zero-order valence-electron chi connectivity index (χ0n) is 12.6. The number of aryl methyl sites for hydroxylation is 1. The molecule has 0 aliphatic heterocycles. The second kappa shape index (κ2) is 8.27. The highest BCUT2D eigenvalue weighted by Gasteiger charge is 2.21. The SMILES string of the molecule is CCC(CCN)CCc1nc(C(OC)C(C)C)no1. The smallest absolute Gasteiger partial charge is 0.226 e. The van der Waals surface area contributed by atoms with Crippen molar-refractivity contribution < 1.29 is 9.26 Å². The largest absolute Gasteiger partial charge is 0.373 e. The van der Waals surface area contributed by atoms with Crippen molar-refractivity contribution in [2.45, 2.75) is 52.6 Å². The van der Waals surface area contributed by atoms with Crippen molar-refractivity contribution in [3.05, 3.63) is 11.7 Å². The number of methoxy groups -OCH3 is 1. The van der Waals surface area contributed by atoms with Gasteiger partial charge in [-0.25, -0.2) is 0 Å². The van der Waals surface area contributed by atoms with Crippen LogP contribution in [-0.2, 0) is 11.2 Å². The van der Waals surface area contributed by atoms with Gasteiger partial charge in [0.15, 0.2) is 0 Å². The van der Waals surface area contributed by atoms with E-state index < -0.39 is 0 Å². The molecule has 5 nitrogen and oxygen atoms in total. The first kappa shape index (κ1) is 16.1. The second-order valence-corrected chi connectivity index (χ2v) is 5.34. The van der Waals surface area contributed by atoms with Crippen molar-refractivity contribution in [2.24, 2.45) is 17.6 Å². The van der Waals surface area contributed by atoms with E-state index >= 15 is 0 Å². The predicted molar refractivity (Wildman–Crippen MR) is 74.7 cm³/mol. The number of rotatable bonds is 9. The van der Waals surface area contributed by atoms with Crippen LogP contribution in [0.1, 0.15) is 57.9 Å². The molecular weight excluding hydrogens is 242 g/mol. The van der Waals surface area contributed by atoms with E-state index in [0.29, 0.717) is 23.6 Å². The molecule has 0 radical (unpaired) electrons. The van der Waals surface area contributed by atoms with Crippen LogP contribution in [0.3, 0.4) is 0 Å². The van der Waals surface area contributed by atoms with E-state index in [1.165, 1.54) is 0 Å². The first-order chi connectivity index (χ1) is 9.12. The lowest BCUT2D eigenvalue weighted by atomic mass is 9.97. The molecule has 2 atom stereocenters. The summed E-state index contributed by atoms with van der Waals surface area (Å²) in [4.78, 5) is 4.44. The Morgan fingerprint density at radius 1 is 1.32 bits per heavy atom. The molecule has 0 fully saturated rings. The number of hydrogen-bond donors (Lipinski definition) is 1. The van der Waals surface area contributed by atoms with Crippen molar-refractivity contribution >= 4 is 0 Å². The molecule has 1 aromatic rings. The van der Waals surface area contributed by atoms with Crippen LogP contribution in [0.15, 0.2) is 4.52 Å². The molecule has 0 bridgehead atoms. The van der Waals surface area contributed by atoms with Crippen LogP contribution >= 0.6 is 0 Å². The predicted octanol–water partition coefficient (Wildman–Crippen LogP) is 2.72. The third-order valence-corrected chi connectivity index (χ3v) is 3.52. The summed E-state index contributed by atoms with van der Waals surface area (Å²) in [5, 5.41) is 4.02. The molecule has 5 heteroatoms. The van der Waals surface area contributed by atoms with Gasteiger partial charge in [-0.3, -0.25) is 0 Å². The normalized spacial score (nSPS) is 14.8. The molecule has 1 rings (SSSR count). The van der Waals surface area contributed by atoms with Crippen LogP contribution in [0.4, 0.5) is 0 Å². The maximum absolute atomic E-state index is 5.60. The first-order valence-electron chi connectivity index (χ1n) is 7.17. The lowest BCUT2D eigenvalue weighted by Gasteiger charge is -2.14. The van der Waals surface area contributed by atoms with Gasteiger partial charge < -0.3 is 15.0 Å². The van der Waals surface area contributed by atoms with E-state index in [-0.39, 0.29) is 6.10 Å². The fourth-order valence-corrected chi connectivity index (χ4v) is 2.28. The molecule has 110 valence electrons. The van der Waals surface area contributed by atoms with E-state index in [4.69, 9.17) is 15.0 Å². The van der Waals surface area contributed by atoms with Gasteiger partial charge in [0.1, 0.15) is 6.10 Å². The van der Waals surface area contributed by atoms with E-state index in [1.54, 1.807) is 7.11 Å². The summed E-state index contributed by atoms with van der Waals surface area (Å²) < 4.78 is 10.7. The first-order valence-corrected chi connectivity index (χ1v) is 7.17. The van der Waals surface area contributed by atoms with Gasteiger partial charge in [-0.15, -0.1) is 0 Å². The number of aromatic nitrogens is 2. The fraction of sp³-hybridized carbons (Fsp3) is 0.857. The molecule has 0 saturated carbocycles. The van der Waals surface area contributed by atoms with E-state index in [1.807, 2.05) is 0 Å². The van der Waals surface area contributed by atoms with Crippen molar-refractivity contribution in [3.63, 3.8) is 0 Å². The lowest BCUT2D eigenvalue weighted by molar-refractivity contribution is 0.0555. The molecular formula is C14H27N3O2. The summed E-state index contributed by atoms with van der Waals surface area (Å²) in [5.74, 6) is 2.33. The van der Waals surface area contributed by atoms with Gasteiger partial charge in [0, 0.05) is 13.5 Å². The standard InChI is InChI=1S/C14H27N3O2/c1-5-11(8-9-15)6-7-12-16-14(17-19-12)13(18-4)10(2)3/h10-11,13H,5-9,15H2,1-4H3. The van der Waals surface area contributed by atoms with Crippen molar-refractivity contribution in [3.8, 4) is 0 Å². The minimum Gasteiger partial charge on any atom is -0.373 e. The zero-order chi connectivity index (χ0) is 14.3. The Balaban J connectivity index is 2.54. The van der Waals surface area contributed by atoms with Crippen LogP contribution in [0.5, 0.6) is 0 Å². The van der Waals surface area contributed by atoms with Crippen molar-refractivity contribution in [1.29, 1.82) is 0 Å². The molecule has 0 amide bonds. The van der Waals surface area contributed by atoms with Crippen molar-refractivity contribution in [2.75, 3.05) is 13.7 Å². The van der Waals surface area contributed by atoms with Crippen LogP contribution < -0.4 is 5.73 Å². The van der Waals surface area contributed by atoms with Crippen LogP contribution in [-0.4, -0.2) is 23.8 Å². The molecule has 0 aromatic carbocycles. The number of nitrogens with two attached hydrogens (primary N) is 1. The average Bonchev–Trinajstić information content (AvgIpc) is 2.83. The molecule has 1 heterocycles. The van der Waals surface area contributed by atoms with Gasteiger partial charge in [0.05, 0.1) is 0 Å². The summed E-state index contributed by atoms with van der Waals surface area (Å²) in [6, 6.07) is 0. The highest BCUT2D eigenvalue weighted by Crippen LogP contribution is 2.23. The van der Waals surface area contributed by atoms with Gasteiger partial charge in [-0.05, 0) is 31.2 Å². The number of nitrogens with zero attached hydrogens (tertiary/aromatic N) is 2. The number of ether oxygens (including phenoxy) is 1. The van der Waals surface area contributed by atoms with E-state index in [0.717, 1.165) is 32.2 Å². The van der Waals surface area contributed by atoms with Gasteiger partial charge in [-0.2, -0.15) is 4.98 Å². The summed E-state index contributed by atoms with van der Waals surface area (Å²) in [6.07, 6.45) is 3.98. The highest BCUT2D eigenvalue weighted by molar-refractivity contribution is 4.93. The van der Waals surface area contributed by atoms with Gasteiger partial charge in [-0.1, -0.05) is 32.3 Å². The molecule has 0 aliphatic rings. The molecule has 0 saturated heterocycles. The Kier molecular flexibility index (Phi) is 7.02. The average molecular weight is 269 g/mol. The van der Waals surface area contributed by atoms with E-state index in [9.17, 15) is 0 Å². The monoisotopic (exact) mass is 269 g/mol. The third-order valence-electron chi connectivity index (χ3n) is 3.52. The second-order valence-electron chi connectivity index (χ2n) is 5.34. The summed E-state index contributed by atoms with van der Waals surface area (Å²) in [5.41, 5.74) is 5.60. The zero-order valence-corrected chi connectivity index (χ0v) is 12.6. The Morgan fingerprint density at radius 2 is 2.05 bits per heavy atom. The Labute approximate surface area is 115 Å². The lowest BCUT2D eigenvalue weighted by Crippen LogP contribution is -2.11. The van der Waals surface area contributed by atoms with Gasteiger partial charge >= 0.3 is 0 Å². The fourth-order valence-electron chi connectivity index (χ4n) is 2.28. The molecule has 0 spiro atoms. The molecule has 0 aliphatic carbocycles. The Morgan fingerprint density at radius 3 is 2.58 bits per heavy atom. The quantitative estimate of drug-likeness (QED) is 0.746. The Bertz CT molecular complexity index is 352. The van der Waals surface area contributed by atoms with Gasteiger partial charge in [0.25, 0.3) is 0 Å². The third kappa shape index (κ3) is 4.91. The molecule has 1 aromatic heterocycles. The summed E-state index contributed by atoms with van der Waals surface area (Å²) in [6.45, 7) is 7.10. The number of hydrogen-bond acceptors (Lipinski definition) is 5. The Hall–Kier alpha value is -0.940. The van der Waals surface area contributed by atoms with Crippen LogP contribution in [0.2, 0.25) is 0 Å². The maximum Gasteiger partial charge on any atom is 0.226 e. The van der Waals surface area contributed by atoms with Crippen LogP contribution in [0, 0.1) is 11.8 Å². The van der Waals surface area contributed by atoms with Gasteiger partial charge in [0.2, 0.25) is 11.7 Å². The minimum atomic E-state index is -0.0940. The molecule has 2 unspecified atom stereocenters.